The summed E-state index contributed by atoms with van der Waals surface area (Å²) < 4.78 is 23.5. The van der Waals surface area contributed by atoms with Crippen LogP contribution in [-0.2, 0) is 19.4 Å². The Morgan fingerprint density at radius 2 is 1.26 bits per heavy atom. The Morgan fingerprint density at radius 1 is 0.947 bits per heavy atom. The van der Waals surface area contributed by atoms with Gasteiger partial charge < -0.3 is 11.5 Å². The molecule has 19 heavy (non-hydrogen) atoms. The minimum absolute atomic E-state index is 0.215. The smallest absolute Gasteiger partial charge is 0.276 e. The maximum atomic E-state index is 11.8. The molecule has 0 heterocycles. The second-order valence-corrected chi connectivity index (χ2v) is 7.70. The Kier molecular flexibility index (Phi) is 8.92. The summed E-state index contributed by atoms with van der Waals surface area (Å²) in [5.74, 6) is 1.10. The van der Waals surface area contributed by atoms with Crippen molar-refractivity contribution >= 4 is 43.6 Å². The summed E-state index contributed by atoms with van der Waals surface area (Å²) in [7, 11) is -4.54. The van der Waals surface area contributed by atoms with Gasteiger partial charge in [-0.15, -0.1) is 0 Å². The summed E-state index contributed by atoms with van der Waals surface area (Å²) in [6.45, 7) is 0. The van der Waals surface area contributed by atoms with E-state index in [-0.39, 0.29) is 12.8 Å². The van der Waals surface area contributed by atoms with Crippen LogP contribution in [0.3, 0.4) is 0 Å². The molecule has 0 saturated heterocycles. The van der Waals surface area contributed by atoms with Gasteiger partial charge in [-0.1, -0.05) is 0 Å². The van der Waals surface area contributed by atoms with Gasteiger partial charge >= 0.3 is 0 Å². The molecule has 2 atom stereocenters. The number of nitrogens with two attached hydrogens (primary N) is 2. The molecule has 0 spiro atoms. The lowest BCUT2D eigenvalue weighted by Gasteiger charge is -2.12. The highest BCUT2D eigenvalue weighted by atomic mass is 32.2. The van der Waals surface area contributed by atoms with Crippen LogP contribution < -0.4 is 11.5 Å². The lowest BCUT2D eigenvalue weighted by Crippen LogP contribution is -2.45. The zero-order valence-electron chi connectivity index (χ0n) is 11.0. The van der Waals surface area contributed by atoms with Crippen LogP contribution in [0.25, 0.3) is 0 Å². The first-order valence-corrected chi connectivity index (χ1v) is 9.88. The van der Waals surface area contributed by atoms with E-state index in [4.69, 9.17) is 11.5 Å². The fraction of sp³-hybridized carbons (Fsp3) is 0.800. The molecule has 0 fully saturated rings. The van der Waals surface area contributed by atoms with Crippen LogP contribution in [0.2, 0.25) is 0 Å². The third kappa shape index (κ3) is 5.82. The van der Waals surface area contributed by atoms with Gasteiger partial charge in [-0.25, -0.2) is 8.42 Å². The summed E-state index contributed by atoms with van der Waals surface area (Å²) in [4.78, 5) is 23.4. The highest BCUT2D eigenvalue weighted by Gasteiger charge is 2.37. The highest BCUT2D eigenvalue weighted by Crippen LogP contribution is 2.09. The largest absolute Gasteiger partial charge is 0.321 e. The van der Waals surface area contributed by atoms with E-state index in [2.05, 4.69) is 0 Å². The predicted molar refractivity (Wildman–Crippen MR) is 80.9 cm³/mol. The fourth-order valence-electron chi connectivity index (χ4n) is 1.22. The predicted octanol–water partition coefficient (Wildman–Crippen LogP) is -0.385. The van der Waals surface area contributed by atoms with Crippen LogP contribution in [0.5, 0.6) is 0 Å². The van der Waals surface area contributed by atoms with Crippen LogP contribution in [0, 0.1) is 0 Å². The van der Waals surface area contributed by atoms with Gasteiger partial charge in [0.25, 0.3) is 20.1 Å². The van der Waals surface area contributed by atoms with Gasteiger partial charge in [-0.05, 0) is 36.9 Å². The zero-order valence-corrected chi connectivity index (χ0v) is 13.4. The topological polar surface area (TPSA) is 120 Å². The number of hydrogen-bond donors (Lipinski definition) is 2. The summed E-state index contributed by atoms with van der Waals surface area (Å²) >= 11 is 2.89. The molecule has 0 unspecified atom stereocenters. The second-order valence-electron chi connectivity index (χ2n) is 3.92. The SMILES string of the molecule is CSCC[C@H](N)C(=O)S(=O)(=O)C(=O)[C@@H](N)CCSC. The summed E-state index contributed by atoms with van der Waals surface area (Å²) in [6, 6.07) is -2.34. The number of hydrogen-bond acceptors (Lipinski definition) is 8. The minimum Gasteiger partial charge on any atom is -0.321 e. The monoisotopic (exact) mass is 328 g/mol. The summed E-state index contributed by atoms with van der Waals surface area (Å²) in [5.41, 5.74) is 11.0. The van der Waals surface area contributed by atoms with Crippen molar-refractivity contribution in [3.8, 4) is 0 Å². The van der Waals surface area contributed by atoms with Gasteiger partial charge in [-0.2, -0.15) is 23.5 Å². The van der Waals surface area contributed by atoms with E-state index in [9.17, 15) is 18.0 Å². The first kappa shape index (κ1) is 18.9. The van der Waals surface area contributed by atoms with E-state index in [0.717, 1.165) is 0 Å². The molecule has 4 N–H and O–H groups in total. The molecule has 0 aliphatic rings. The lowest BCUT2D eigenvalue weighted by atomic mass is 10.3. The van der Waals surface area contributed by atoms with E-state index >= 15 is 0 Å². The van der Waals surface area contributed by atoms with Gasteiger partial charge in [0.05, 0.1) is 12.1 Å². The van der Waals surface area contributed by atoms with Gasteiger partial charge in [-0.3, -0.25) is 9.59 Å². The third-order valence-electron chi connectivity index (χ3n) is 2.40. The van der Waals surface area contributed by atoms with Crippen LogP contribution >= 0.6 is 23.5 Å². The number of rotatable bonds is 8. The molecule has 0 amide bonds. The molecule has 0 rings (SSSR count). The van der Waals surface area contributed by atoms with Gasteiger partial charge in [0, 0.05) is 0 Å². The van der Waals surface area contributed by atoms with Gasteiger partial charge in [0.15, 0.2) is 0 Å². The molecule has 0 aromatic heterocycles. The quantitative estimate of drug-likeness (QED) is 0.618. The van der Waals surface area contributed by atoms with E-state index in [1.807, 2.05) is 12.5 Å². The van der Waals surface area contributed by atoms with Crippen molar-refractivity contribution in [2.75, 3.05) is 24.0 Å². The molecule has 6 nitrogen and oxygen atoms in total. The fourth-order valence-corrected chi connectivity index (χ4v) is 3.43. The van der Waals surface area contributed by atoms with E-state index in [1.54, 1.807) is 0 Å². The Bertz CT molecular complexity index is 379. The van der Waals surface area contributed by atoms with Crippen LogP contribution in [0.1, 0.15) is 12.8 Å². The average Bonchev–Trinajstić information content (AvgIpc) is 2.39. The number of thioether (sulfide) groups is 2. The van der Waals surface area contributed by atoms with Crippen LogP contribution in [-0.4, -0.2) is 54.7 Å². The van der Waals surface area contributed by atoms with Crippen molar-refractivity contribution in [3.05, 3.63) is 0 Å². The number of carbonyl (C=O) groups is 2. The first-order chi connectivity index (χ1) is 8.78. The molecule has 0 bridgehead atoms. The van der Waals surface area contributed by atoms with E-state index < -0.39 is 32.2 Å². The van der Waals surface area contributed by atoms with E-state index in [1.165, 1.54) is 23.5 Å². The molecule has 0 aromatic rings. The number of sulfone groups is 1. The molecule has 0 radical (unpaired) electrons. The summed E-state index contributed by atoms with van der Waals surface area (Å²) in [6.07, 6.45) is 4.06. The van der Waals surface area contributed by atoms with Crippen LogP contribution in [0.15, 0.2) is 0 Å². The lowest BCUT2D eigenvalue weighted by molar-refractivity contribution is -0.115. The highest BCUT2D eigenvalue weighted by molar-refractivity contribution is 8.19. The van der Waals surface area contributed by atoms with Crippen molar-refractivity contribution in [3.63, 3.8) is 0 Å². The van der Waals surface area contributed by atoms with Gasteiger partial charge in [0.2, 0.25) is 0 Å². The molecule has 0 aliphatic carbocycles. The Morgan fingerprint density at radius 3 is 1.53 bits per heavy atom. The average molecular weight is 328 g/mol. The van der Waals surface area contributed by atoms with Crippen molar-refractivity contribution < 1.29 is 18.0 Å². The molecule has 112 valence electrons. The van der Waals surface area contributed by atoms with Crippen LogP contribution in [0.4, 0.5) is 0 Å². The number of carbonyl (C=O) groups excluding carboxylic acids is 2. The Hall–Kier alpha value is -0.0900. The second kappa shape index (κ2) is 8.96. The molecular formula is C10H20N2O4S3. The normalized spacial score (nSPS) is 14.9. The first-order valence-electron chi connectivity index (χ1n) is 5.60. The maximum Gasteiger partial charge on any atom is 0.276 e. The van der Waals surface area contributed by atoms with Crippen molar-refractivity contribution in [2.45, 2.75) is 24.9 Å². The minimum atomic E-state index is -4.54. The molecule has 0 saturated carbocycles. The molecule has 0 aromatic carbocycles. The van der Waals surface area contributed by atoms with Crippen molar-refractivity contribution in [1.82, 2.24) is 0 Å². The zero-order chi connectivity index (χ0) is 15.1. The van der Waals surface area contributed by atoms with Crippen molar-refractivity contribution in [1.29, 1.82) is 0 Å². The standard InChI is InChI=1S/C10H20N2O4S3/c1-17-5-3-7(11)9(13)19(15,16)10(14)8(12)4-6-18-2/h7-8H,3-6,11-12H2,1-2H3/t7-,8-/m0/s1. The Labute approximate surface area is 122 Å². The Balaban J connectivity index is 4.76. The van der Waals surface area contributed by atoms with Crippen molar-refractivity contribution in [2.24, 2.45) is 11.5 Å². The summed E-state index contributed by atoms with van der Waals surface area (Å²) in [5, 5.41) is -2.46. The van der Waals surface area contributed by atoms with E-state index in [0.29, 0.717) is 11.5 Å². The molecular weight excluding hydrogens is 308 g/mol. The molecule has 9 heteroatoms. The third-order valence-corrected chi connectivity index (χ3v) is 5.35. The maximum absolute atomic E-state index is 11.8. The molecule has 0 aliphatic heterocycles. The van der Waals surface area contributed by atoms with Gasteiger partial charge in [0.1, 0.15) is 0 Å².